The molecule has 8 rings (SSSR count). The second kappa shape index (κ2) is 17.1. The Labute approximate surface area is 333 Å². The summed E-state index contributed by atoms with van der Waals surface area (Å²) in [5, 5.41) is 10.3. The summed E-state index contributed by atoms with van der Waals surface area (Å²) in [6.07, 6.45) is 1.65. The van der Waals surface area contributed by atoms with E-state index in [0.717, 1.165) is 34.6 Å². The third-order valence-corrected chi connectivity index (χ3v) is 19.5. The summed E-state index contributed by atoms with van der Waals surface area (Å²) < 4.78 is 13.5. The van der Waals surface area contributed by atoms with Gasteiger partial charge in [-0.15, -0.1) is 0 Å². The van der Waals surface area contributed by atoms with Crippen molar-refractivity contribution in [1.82, 2.24) is 0 Å². The van der Waals surface area contributed by atoms with Crippen LogP contribution >= 0.6 is 14.5 Å². The average molecular weight is 767 g/mol. The lowest BCUT2D eigenvalue weighted by Gasteiger charge is -2.29. The summed E-state index contributed by atoms with van der Waals surface area (Å²) in [6.45, 7) is 5.31. The second-order valence-electron chi connectivity index (χ2n) is 14.0. The minimum absolute atomic E-state index is 0.565. The third kappa shape index (κ3) is 7.05. The monoisotopic (exact) mass is 766 g/mol. The summed E-state index contributed by atoms with van der Waals surface area (Å²) >= 11 is 0. The van der Waals surface area contributed by atoms with Gasteiger partial charge >= 0.3 is 0 Å². The van der Waals surface area contributed by atoms with Crippen LogP contribution in [0.3, 0.4) is 0 Å². The standard InChI is InChI=1S/C52H48O2P2/c1-3-53-51-41(39-55(43-23-11-5-12-24-43,44-25-13-6-14-26-44)45-27-15-7-16-28-45)35-38-50-49(51)37-36-42(52(50)54-4-2)40-56(46-29-17-8-18-30-46,47-31-19-9-20-32-47)48-33-21-10-22-34-48/h5-38H,3-4,39-40H2,1-2H3/q+2. The first-order valence-electron chi connectivity index (χ1n) is 19.6. The number of hydrogen-bond donors (Lipinski definition) is 0. The van der Waals surface area contributed by atoms with Crippen LogP contribution in [0.25, 0.3) is 10.8 Å². The number of rotatable bonds is 14. The normalized spacial score (nSPS) is 11.7. The van der Waals surface area contributed by atoms with Crippen LogP contribution < -0.4 is 41.3 Å². The average Bonchev–Trinajstić information content (AvgIpc) is 3.28. The molecule has 0 aliphatic rings. The molecule has 2 nitrogen and oxygen atoms in total. The quantitative estimate of drug-likeness (QED) is 0.103. The van der Waals surface area contributed by atoms with E-state index in [1.165, 1.54) is 43.0 Å². The molecule has 0 spiro atoms. The van der Waals surface area contributed by atoms with Crippen molar-refractivity contribution in [3.05, 3.63) is 217 Å². The molecule has 0 atom stereocenters. The van der Waals surface area contributed by atoms with Crippen LogP contribution in [0.15, 0.2) is 206 Å². The summed E-state index contributed by atoms with van der Waals surface area (Å²) in [7, 11) is -4.35. The SMILES string of the molecule is CCOc1c(C[P+](c2ccccc2)(c2ccccc2)c2ccccc2)ccc2c(OCC)c(C[P+](c3ccccc3)(c3ccccc3)c3ccccc3)ccc12. The molecule has 0 saturated heterocycles. The predicted molar refractivity (Wildman–Crippen MR) is 244 cm³/mol. The van der Waals surface area contributed by atoms with E-state index in [1.807, 2.05) is 0 Å². The van der Waals surface area contributed by atoms with Gasteiger partial charge in [0.05, 0.1) is 13.2 Å². The van der Waals surface area contributed by atoms with Crippen molar-refractivity contribution in [2.45, 2.75) is 26.2 Å². The molecule has 4 heteroatoms. The maximum absolute atomic E-state index is 6.75. The van der Waals surface area contributed by atoms with Crippen molar-refractivity contribution in [1.29, 1.82) is 0 Å². The smallest absolute Gasteiger partial charge is 0.134 e. The molecule has 8 aromatic rings. The van der Waals surface area contributed by atoms with Crippen LogP contribution in [0.5, 0.6) is 11.5 Å². The molecule has 8 aromatic carbocycles. The molecule has 0 heterocycles. The summed E-state index contributed by atoms with van der Waals surface area (Å²) in [5.41, 5.74) is 2.42. The molecule has 0 bridgehead atoms. The Morgan fingerprint density at radius 2 is 0.536 bits per heavy atom. The van der Waals surface area contributed by atoms with Crippen molar-refractivity contribution in [3.63, 3.8) is 0 Å². The molecule has 276 valence electrons. The van der Waals surface area contributed by atoms with Gasteiger partial charge in [0, 0.05) is 21.9 Å². The molecule has 0 amide bonds. The van der Waals surface area contributed by atoms with Gasteiger partial charge in [-0.25, -0.2) is 0 Å². The molecule has 0 aliphatic carbocycles. The van der Waals surface area contributed by atoms with Gasteiger partial charge in [0.2, 0.25) is 0 Å². The van der Waals surface area contributed by atoms with Crippen LogP contribution in [0.1, 0.15) is 25.0 Å². The minimum Gasteiger partial charge on any atom is -0.493 e. The largest absolute Gasteiger partial charge is 0.493 e. The van der Waals surface area contributed by atoms with Gasteiger partial charge in [-0.3, -0.25) is 0 Å². The van der Waals surface area contributed by atoms with Crippen molar-refractivity contribution in [2.24, 2.45) is 0 Å². The first-order valence-corrected chi connectivity index (χ1v) is 23.6. The zero-order valence-corrected chi connectivity index (χ0v) is 34.0. The van der Waals surface area contributed by atoms with Gasteiger partial charge in [-0.1, -0.05) is 121 Å². The third-order valence-electron chi connectivity index (χ3n) is 10.8. The van der Waals surface area contributed by atoms with E-state index in [0.29, 0.717) is 13.2 Å². The Balaban J connectivity index is 1.34. The van der Waals surface area contributed by atoms with E-state index in [-0.39, 0.29) is 0 Å². The number of ether oxygens (including phenoxy) is 2. The van der Waals surface area contributed by atoms with Gasteiger partial charge in [0.1, 0.15) is 70.2 Å². The lowest BCUT2D eigenvalue weighted by molar-refractivity contribution is 0.338. The molecular formula is C52H48O2P2+2. The van der Waals surface area contributed by atoms with E-state index < -0.39 is 14.5 Å². The molecule has 56 heavy (non-hydrogen) atoms. The summed E-state index contributed by atoms with van der Waals surface area (Å²) in [6, 6.07) is 75.9. The fourth-order valence-electron chi connectivity index (χ4n) is 8.37. The molecule has 0 unspecified atom stereocenters. The van der Waals surface area contributed by atoms with Crippen LogP contribution in [0, 0.1) is 0 Å². The number of benzene rings is 8. The van der Waals surface area contributed by atoms with E-state index >= 15 is 0 Å². The van der Waals surface area contributed by atoms with Crippen LogP contribution in [0.2, 0.25) is 0 Å². The summed E-state index contributed by atoms with van der Waals surface area (Å²) in [5.74, 6) is 1.89. The molecule has 0 aromatic heterocycles. The molecule has 0 fully saturated rings. The molecule has 0 N–H and O–H groups in total. The first kappa shape index (κ1) is 37.4. The minimum atomic E-state index is -2.17. The Morgan fingerprint density at radius 3 is 0.750 bits per heavy atom. The lowest BCUT2D eigenvalue weighted by atomic mass is 10.0. The predicted octanol–water partition coefficient (Wildman–Crippen LogP) is 10.6. The number of fused-ring (bicyclic) bond motifs is 1. The van der Waals surface area contributed by atoms with Crippen molar-refractivity contribution in [2.75, 3.05) is 13.2 Å². The molecule has 0 radical (unpaired) electrons. The highest BCUT2D eigenvalue weighted by atomic mass is 31.2. The topological polar surface area (TPSA) is 18.5 Å². The van der Waals surface area contributed by atoms with E-state index in [2.05, 4.69) is 220 Å². The van der Waals surface area contributed by atoms with E-state index in [1.54, 1.807) is 0 Å². The maximum Gasteiger partial charge on any atom is 0.134 e. The van der Waals surface area contributed by atoms with Gasteiger partial charge < -0.3 is 9.47 Å². The van der Waals surface area contributed by atoms with Crippen molar-refractivity contribution in [3.8, 4) is 11.5 Å². The Kier molecular flexibility index (Phi) is 11.4. The Bertz CT molecular complexity index is 2100. The fraction of sp³-hybridized carbons (Fsp3) is 0.115. The lowest BCUT2D eigenvalue weighted by Crippen LogP contribution is -2.32. The molecular weight excluding hydrogens is 719 g/mol. The highest BCUT2D eigenvalue weighted by molar-refractivity contribution is 7.95. The molecule has 0 aliphatic heterocycles. The van der Waals surface area contributed by atoms with Gasteiger partial charge in [0.15, 0.2) is 0 Å². The van der Waals surface area contributed by atoms with Gasteiger partial charge in [0.25, 0.3) is 0 Å². The van der Waals surface area contributed by atoms with Crippen LogP contribution in [0.4, 0.5) is 0 Å². The van der Waals surface area contributed by atoms with Crippen LogP contribution in [-0.2, 0) is 12.3 Å². The van der Waals surface area contributed by atoms with Crippen LogP contribution in [-0.4, -0.2) is 13.2 Å². The maximum atomic E-state index is 6.75. The Morgan fingerprint density at radius 1 is 0.304 bits per heavy atom. The number of hydrogen-bond acceptors (Lipinski definition) is 2. The zero-order chi connectivity index (χ0) is 38.2. The van der Waals surface area contributed by atoms with E-state index in [4.69, 9.17) is 9.47 Å². The summed E-state index contributed by atoms with van der Waals surface area (Å²) in [4.78, 5) is 0. The zero-order valence-electron chi connectivity index (χ0n) is 32.2. The highest BCUT2D eigenvalue weighted by Gasteiger charge is 2.48. The van der Waals surface area contributed by atoms with Crippen molar-refractivity contribution >= 4 is 57.1 Å². The first-order chi connectivity index (χ1) is 27.7. The highest BCUT2D eigenvalue weighted by Crippen LogP contribution is 2.61. The van der Waals surface area contributed by atoms with Gasteiger partial charge in [-0.2, -0.15) is 0 Å². The van der Waals surface area contributed by atoms with Gasteiger partial charge in [-0.05, 0) is 98.8 Å². The molecule has 0 saturated carbocycles. The van der Waals surface area contributed by atoms with E-state index in [9.17, 15) is 0 Å². The van der Waals surface area contributed by atoms with Crippen molar-refractivity contribution < 1.29 is 9.47 Å². The second-order valence-corrected chi connectivity index (χ2v) is 21.0. The Hall–Kier alpha value is -5.52. The fourth-order valence-corrected chi connectivity index (χ4v) is 16.9.